The van der Waals surface area contributed by atoms with Crippen LogP contribution in [0.3, 0.4) is 0 Å². The van der Waals surface area contributed by atoms with Gasteiger partial charge in [-0.05, 0) is 249 Å². The molecule has 0 spiro atoms. The van der Waals surface area contributed by atoms with E-state index in [0.29, 0.717) is 106 Å². The molecule has 4 aliphatic heterocycles. The van der Waals surface area contributed by atoms with E-state index >= 15 is 0 Å². The van der Waals surface area contributed by atoms with E-state index in [0.717, 1.165) is 117 Å². The first-order valence-electron chi connectivity index (χ1n) is 49.6. The maximum atomic E-state index is 10.2. The van der Waals surface area contributed by atoms with Gasteiger partial charge in [-0.3, -0.25) is 0 Å². The Morgan fingerprint density at radius 1 is 0.252 bits per heavy atom. The van der Waals surface area contributed by atoms with Crippen molar-refractivity contribution in [3.8, 4) is 106 Å². The van der Waals surface area contributed by atoms with E-state index in [9.17, 15) is 15.3 Å². The molecule has 0 atom stereocenters. The Balaban J connectivity index is 0.000000247. The van der Waals surface area contributed by atoms with Crippen LogP contribution in [0.2, 0.25) is 54.4 Å². The van der Waals surface area contributed by atoms with E-state index in [1.165, 1.54) is 64.2 Å². The first-order valence-corrected chi connectivity index (χ1v) is 58.3. The van der Waals surface area contributed by atoms with Crippen LogP contribution >= 0.6 is 0 Å². The summed E-state index contributed by atoms with van der Waals surface area (Å²) in [4.78, 5) is 42.3. The fraction of sp³-hybridized carbons (Fsp3) is 0.290. The normalized spacial score (nSPS) is 11.9. The number of rotatable bonds is 22. The van der Waals surface area contributed by atoms with Gasteiger partial charge in [0.25, 0.3) is 0 Å². The quantitative estimate of drug-likeness (QED) is 0.0329. The predicted molar refractivity (Wildman–Crippen MR) is 590 cm³/mol. The van der Waals surface area contributed by atoms with E-state index in [2.05, 4.69) is 211 Å². The molecule has 12 aromatic rings. The number of aromatic nitrogens is 8. The molecule has 4 aliphatic rings. The van der Waals surface area contributed by atoms with Gasteiger partial charge in [0.2, 0.25) is 25.0 Å². The van der Waals surface area contributed by atoms with Crippen LogP contribution in [0.4, 0.5) is 0 Å². The molecule has 0 unspecified atom stereocenters. The van der Waals surface area contributed by atoms with Crippen molar-refractivity contribution in [2.24, 2.45) is 0 Å². The van der Waals surface area contributed by atoms with Crippen LogP contribution in [0.1, 0.15) is 289 Å². The summed E-state index contributed by atoms with van der Waals surface area (Å²) in [6, 6.07) is 61.0. The molecule has 6 aromatic heterocycles. The van der Waals surface area contributed by atoms with Gasteiger partial charge in [-0.15, -0.1) is 44.1 Å². The minimum atomic E-state index is -2.12. The summed E-state index contributed by atoms with van der Waals surface area (Å²) in [5.74, 6) is 43.8. The topological polar surface area (TPSA) is 196 Å². The van der Waals surface area contributed by atoms with Gasteiger partial charge < -0.3 is 48.5 Å². The predicted octanol–water partition coefficient (Wildman–Crippen LogP) is 29.1. The molecule has 19 heteroatoms. The SMILES string of the molecule is CCCCCCCCCc1c2nc(c(C#Cc3cccc(O)c3)c3ccc([n-]3)c(C#Cc3cccc(O)c3)c3nc(c(C#Cc4cccc(O)c4)c4ccc1[n-]4)C=C3)C=C2.CCCCCCCCCc1c2nc(c(C#Cc3cccc(O[Si](C)(C)C(C)(C)C)c3)c3ccc([n-]3)c(C#Cc3cccc(O[Si](C)(C)C(C)(C)C)c3)c3nc(c(C#Cc4cccc(O[Si](C)(C)C(C)(C)C)c4)c4ccc1[n-]4)C=C3)C=C2.[Zn+2].[Zn+2]. The fourth-order valence-corrected chi connectivity index (χ4v) is 19.0. The maximum absolute atomic E-state index is 10.2. The second-order valence-corrected chi connectivity index (χ2v) is 55.2. The summed E-state index contributed by atoms with van der Waals surface area (Å²) in [6.07, 6.45) is 34.4. The Kier molecular flexibility index (Phi) is 35.6. The van der Waals surface area contributed by atoms with Crippen LogP contribution in [0.15, 0.2) is 194 Å². The zero-order valence-corrected chi connectivity index (χ0v) is 94.9. The monoisotopic (exact) mass is 2030 g/mol. The Morgan fingerprint density at radius 2 is 0.455 bits per heavy atom. The van der Waals surface area contributed by atoms with Gasteiger partial charge >= 0.3 is 39.0 Å². The minimum Gasteiger partial charge on any atom is -0.656 e. The molecule has 0 saturated heterocycles. The van der Waals surface area contributed by atoms with Crippen LogP contribution in [0.5, 0.6) is 34.5 Å². The van der Waals surface area contributed by atoms with Crippen molar-refractivity contribution in [1.82, 2.24) is 39.9 Å². The van der Waals surface area contributed by atoms with Gasteiger partial charge in [0.15, 0.2) is 0 Å². The number of fused-ring (bicyclic) bond motifs is 16. The fourth-order valence-electron chi connectivity index (χ4n) is 15.9. The van der Waals surface area contributed by atoms with Gasteiger partial charge in [-0.2, -0.15) is 0 Å². The third-order valence-corrected chi connectivity index (χ3v) is 40.1. The zero-order valence-electron chi connectivity index (χ0n) is 86.0. The van der Waals surface area contributed by atoms with Gasteiger partial charge in [-0.1, -0.05) is 309 Å². The minimum absolute atomic E-state index is 0. The molecule has 714 valence electrons. The van der Waals surface area contributed by atoms with Crippen LogP contribution in [-0.4, -0.2) is 60.2 Å². The third kappa shape index (κ3) is 27.7. The van der Waals surface area contributed by atoms with Crippen LogP contribution in [0, 0.1) is 71.0 Å². The molecule has 0 aliphatic carbocycles. The number of aryl methyl sites for hydroxylation is 2. The number of hydrogen-bond donors (Lipinski definition) is 3. The third-order valence-electron chi connectivity index (χ3n) is 27.1. The summed E-state index contributed by atoms with van der Waals surface area (Å²) in [7, 11) is -6.32. The van der Waals surface area contributed by atoms with Crippen molar-refractivity contribution in [2.45, 2.75) is 233 Å². The molecule has 3 N–H and O–H groups in total. The van der Waals surface area contributed by atoms with Crippen LogP contribution < -0.4 is 33.2 Å². The molecule has 6 aromatic carbocycles. The molecule has 143 heavy (non-hydrogen) atoms. The Hall–Kier alpha value is -13.4. The van der Waals surface area contributed by atoms with E-state index in [1.54, 1.807) is 54.6 Å². The van der Waals surface area contributed by atoms with Crippen molar-refractivity contribution in [1.29, 1.82) is 0 Å². The summed E-state index contributed by atoms with van der Waals surface area (Å²) in [5.41, 5.74) is 21.9. The first-order chi connectivity index (χ1) is 67.6. The number of nitrogens with zero attached hydrogens (tertiary/aromatic N) is 8. The van der Waals surface area contributed by atoms with E-state index < -0.39 is 25.0 Å². The molecule has 10 heterocycles. The van der Waals surface area contributed by atoms with Gasteiger partial charge in [0.1, 0.15) is 34.5 Å². The van der Waals surface area contributed by atoms with Crippen molar-refractivity contribution in [3.05, 3.63) is 318 Å². The van der Waals surface area contributed by atoms with Gasteiger partial charge in [-0.25, -0.2) is 19.9 Å². The summed E-state index contributed by atoms with van der Waals surface area (Å²) in [6.45, 7) is 38.4. The number of benzene rings is 6. The Labute approximate surface area is 874 Å². The van der Waals surface area contributed by atoms with Crippen molar-refractivity contribution >= 4 is 118 Å². The van der Waals surface area contributed by atoms with E-state index in [-0.39, 0.29) is 71.3 Å². The second-order valence-electron chi connectivity index (χ2n) is 41.0. The largest absolute Gasteiger partial charge is 2.00 e. The standard InChI is InChI=1S/C71H84N4O3Si3.C53H42N4O3.2Zn/c1-17-18-19-20-21-22-23-33-57-61-40-42-63(72-61)58(37-34-51-27-24-30-54(48-51)76-79(11,12)69(2,3)4)65-44-46-67(74-65)60(39-36-53-29-26-32-56(50-53)78-81(15,16)71(8,9)10)68-47-45-66(75-68)59(64-43-41-62(57)73-64)38-35-52-28-25-31-55(49-52)77-80(13,14)70(5,6)7;1-2-3-4-5-6-7-8-18-42-46-25-27-48(54-46)43(22-19-36-12-9-15-39(58)33-36)50-29-31-52(56-50)45(24-21-38-14-11-17-41(60)35-38)53-32-30-51(57-53)44(49-28-26-47(42)55-49)23-20-37-13-10-16-40(59)34-37;;/h24-32,40-50H,17-23,33H2,1-16H3;9-17,25-35H,2-8,18H2,1H3,(H3-2,54,55,56,57,58,59,60);;/q2*-2;2*+2. The molecular formula is C124H126N8O6Si3Zn2. The van der Waals surface area contributed by atoms with Crippen molar-refractivity contribution in [3.63, 3.8) is 0 Å². The molecule has 0 radical (unpaired) electrons. The average Bonchev–Trinajstić information content (AvgIpc) is 1.65. The van der Waals surface area contributed by atoms with Crippen molar-refractivity contribution in [2.75, 3.05) is 0 Å². The summed E-state index contributed by atoms with van der Waals surface area (Å²) >= 11 is 0. The number of aromatic hydroxyl groups is 3. The smallest absolute Gasteiger partial charge is 0.656 e. The molecule has 0 saturated carbocycles. The Morgan fingerprint density at radius 3 is 0.692 bits per heavy atom. The molecule has 16 rings (SSSR count). The molecule has 0 amide bonds. The second kappa shape index (κ2) is 47.6. The molecule has 14 nitrogen and oxygen atoms in total. The van der Waals surface area contributed by atoms with Crippen molar-refractivity contribution < 1.29 is 67.6 Å². The number of phenolic OH excluding ortho intramolecular Hbond substituents is 3. The van der Waals surface area contributed by atoms with Gasteiger partial charge in [0.05, 0.1) is 45.6 Å². The van der Waals surface area contributed by atoms with Crippen LogP contribution in [-0.2, 0) is 51.8 Å². The van der Waals surface area contributed by atoms with Crippen LogP contribution in [0.25, 0.3) is 92.7 Å². The molecule has 16 bridgehead atoms. The van der Waals surface area contributed by atoms with E-state index in [1.807, 2.05) is 164 Å². The molecule has 0 fully saturated rings. The van der Waals surface area contributed by atoms with Gasteiger partial charge in [0, 0.05) is 66.8 Å². The number of hydrogen-bond acceptors (Lipinski definition) is 10. The first kappa shape index (κ1) is 107. The summed E-state index contributed by atoms with van der Waals surface area (Å²) < 4.78 is 20.2. The maximum Gasteiger partial charge on any atom is 2.00 e. The zero-order chi connectivity index (χ0) is 99.6. The van der Waals surface area contributed by atoms with E-state index in [4.69, 9.17) is 53.1 Å². The average molecular weight is 2040 g/mol. The number of unbranched alkanes of at least 4 members (excludes halogenated alkanes) is 12. The summed E-state index contributed by atoms with van der Waals surface area (Å²) in [5, 5.41) is 30.7. The number of phenols is 3. The molecular weight excluding hydrogens is 1910 g/mol. The Bertz CT molecular complexity index is 7510.